The van der Waals surface area contributed by atoms with Gasteiger partial charge < -0.3 is 4.74 Å². The van der Waals surface area contributed by atoms with E-state index in [9.17, 15) is 8.78 Å². The molecule has 2 N–H and O–H groups in total. The summed E-state index contributed by atoms with van der Waals surface area (Å²) in [5, 5.41) is 0. The van der Waals surface area contributed by atoms with E-state index < -0.39 is 6.05 Å². The first-order chi connectivity index (χ1) is 5.54. The topological polar surface area (TPSA) is 35.2 Å². The van der Waals surface area contributed by atoms with Crippen molar-refractivity contribution in [2.45, 2.75) is 6.05 Å². The van der Waals surface area contributed by atoms with Crippen molar-refractivity contribution in [2.24, 2.45) is 5.73 Å². The third-order valence-electron chi connectivity index (χ3n) is 1.45. The summed E-state index contributed by atoms with van der Waals surface area (Å²) in [7, 11) is 1.41. The lowest BCUT2D eigenvalue weighted by Crippen LogP contribution is -2.24. The van der Waals surface area contributed by atoms with Crippen LogP contribution in [0.5, 0.6) is 5.75 Å². The molecule has 4 heteroatoms. The van der Waals surface area contributed by atoms with Gasteiger partial charge in [0.25, 0.3) is 0 Å². The molecule has 2 nitrogen and oxygen atoms in total. The molecule has 0 saturated heterocycles. The first-order valence-corrected chi connectivity index (χ1v) is 3.35. The van der Waals surface area contributed by atoms with Crippen LogP contribution in [0.2, 0.25) is 0 Å². The van der Waals surface area contributed by atoms with Gasteiger partial charge in [-0.3, -0.25) is 5.73 Å². The summed E-state index contributed by atoms with van der Waals surface area (Å²) in [6.45, 7) is 0. The van der Waals surface area contributed by atoms with Crippen molar-refractivity contribution in [3.05, 3.63) is 29.8 Å². The minimum atomic E-state index is -3.30. The molecule has 0 fully saturated rings. The molecule has 0 aliphatic carbocycles. The molecule has 0 aliphatic rings. The summed E-state index contributed by atoms with van der Waals surface area (Å²) in [6.07, 6.45) is 0. The van der Waals surface area contributed by atoms with Gasteiger partial charge in [-0.05, 0) is 12.1 Å². The maximum absolute atomic E-state index is 12.5. The van der Waals surface area contributed by atoms with Crippen molar-refractivity contribution in [1.82, 2.24) is 0 Å². The van der Waals surface area contributed by atoms with Crippen LogP contribution in [0.3, 0.4) is 0 Å². The Morgan fingerprint density at radius 3 is 2.58 bits per heavy atom. The quantitative estimate of drug-likeness (QED) is 0.691. The van der Waals surface area contributed by atoms with Gasteiger partial charge in [-0.2, -0.15) is 8.78 Å². The van der Waals surface area contributed by atoms with E-state index in [0.29, 0.717) is 5.75 Å². The monoisotopic (exact) mass is 173 g/mol. The Labute approximate surface area is 68.9 Å². The van der Waals surface area contributed by atoms with Gasteiger partial charge in [-0.1, -0.05) is 12.1 Å². The Bertz CT molecular complexity index is 270. The van der Waals surface area contributed by atoms with Gasteiger partial charge >= 0.3 is 6.05 Å². The third-order valence-corrected chi connectivity index (χ3v) is 1.45. The number of nitrogens with two attached hydrogens (primary N) is 1. The highest BCUT2D eigenvalue weighted by Crippen LogP contribution is 2.24. The highest BCUT2D eigenvalue weighted by atomic mass is 19.3. The van der Waals surface area contributed by atoms with Crippen molar-refractivity contribution in [3.63, 3.8) is 0 Å². The number of halogens is 2. The maximum atomic E-state index is 12.5. The van der Waals surface area contributed by atoms with E-state index >= 15 is 0 Å². The van der Waals surface area contributed by atoms with Crippen molar-refractivity contribution in [3.8, 4) is 5.75 Å². The number of ether oxygens (including phenoxy) is 1. The minimum absolute atomic E-state index is 0.248. The normalized spacial score (nSPS) is 11.3. The molecule has 0 unspecified atom stereocenters. The molecule has 1 aromatic carbocycles. The largest absolute Gasteiger partial charge is 0.497 e. The fourth-order valence-corrected chi connectivity index (χ4v) is 0.830. The van der Waals surface area contributed by atoms with Gasteiger partial charge in [0.1, 0.15) is 5.75 Å². The van der Waals surface area contributed by atoms with E-state index in [1.54, 1.807) is 6.07 Å². The molecule has 1 rings (SSSR count). The molecular formula is C8H9F2NO. The second-order valence-corrected chi connectivity index (χ2v) is 2.35. The SMILES string of the molecule is COc1cccc(C(N)(F)F)c1. The van der Waals surface area contributed by atoms with Gasteiger partial charge in [0.05, 0.1) is 7.11 Å². The highest BCUT2D eigenvalue weighted by molar-refractivity contribution is 5.30. The average molecular weight is 173 g/mol. The molecule has 0 aromatic heterocycles. The lowest BCUT2D eigenvalue weighted by Gasteiger charge is -2.10. The van der Waals surface area contributed by atoms with Crippen molar-refractivity contribution in [2.75, 3.05) is 7.11 Å². The smallest absolute Gasteiger partial charge is 0.327 e. The van der Waals surface area contributed by atoms with Crippen molar-refractivity contribution < 1.29 is 13.5 Å². The Hall–Kier alpha value is -1.16. The molecule has 0 atom stereocenters. The van der Waals surface area contributed by atoms with Gasteiger partial charge in [-0.25, -0.2) is 0 Å². The number of hydrogen-bond donors (Lipinski definition) is 1. The maximum Gasteiger partial charge on any atom is 0.327 e. The third kappa shape index (κ3) is 1.92. The Kier molecular flexibility index (Phi) is 2.28. The Morgan fingerprint density at radius 2 is 2.08 bits per heavy atom. The van der Waals surface area contributed by atoms with Crippen LogP contribution in [0, 0.1) is 0 Å². The first kappa shape index (κ1) is 8.93. The summed E-state index contributed by atoms with van der Waals surface area (Å²) < 4.78 is 29.7. The van der Waals surface area contributed by atoms with E-state index in [0.717, 1.165) is 0 Å². The number of benzene rings is 1. The van der Waals surface area contributed by atoms with Gasteiger partial charge in [0.15, 0.2) is 0 Å². The first-order valence-electron chi connectivity index (χ1n) is 3.35. The van der Waals surface area contributed by atoms with Crippen LogP contribution in [-0.2, 0) is 6.05 Å². The number of methoxy groups -OCH3 is 1. The van der Waals surface area contributed by atoms with Crippen LogP contribution in [0.25, 0.3) is 0 Å². The number of alkyl halides is 2. The Morgan fingerprint density at radius 1 is 1.42 bits per heavy atom. The highest BCUT2D eigenvalue weighted by Gasteiger charge is 2.25. The molecule has 0 radical (unpaired) electrons. The van der Waals surface area contributed by atoms with E-state index in [2.05, 4.69) is 5.73 Å². The zero-order valence-electron chi connectivity index (χ0n) is 6.55. The molecule has 0 spiro atoms. The van der Waals surface area contributed by atoms with Crippen LogP contribution in [0.15, 0.2) is 24.3 Å². The summed E-state index contributed by atoms with van der Waals surface area (Å²) in [5.74, 6) is 0.373. The van der Waals surface area contributed by atoms with Crippen LogP contribution >= 0.6 is 0 Å². The minimum Gasteiger partial charge on any atom is -0.497 e. The molecular weight excluding hydrogens is 164 g/mol. The van der Waals surface area contributed by atoms with E-state index in [1.807, 2.05) is 0 Å². The van der Waals surface area contributed by atoms with Gasteiger partial charge in [0, 0.05) is 5.56 Å². The zero-order chi connectivity index (χ0) is 9.19. The average Bonchev–Trinajstić information content (AvgIpc) is 2.03. The second-order valence-electron chi connectivity index (χ2n) is 2.35. The predicted octanol–water partition coefficient (Wildman–Crippen LogP) is 1.70. The molecule has 0 amide bonds. The van der Waals surface area contributed by atoms with Crippen LogP contribution in [0.1, 0.15) is 5.56 Å². The summed E-state index contributed by atoms with van der Waals surface area (Å²) in [4.78, 5) is 0. The molecule has 12 heavy (non-hydrogen) atoms. The van der Waals surface area contributed by atoms with Gasteiger partial charge in [-0.15, -0.1) is 0 Å². The van der Waals surface area contributed by atoms with Crippen LogP contribution in [-0.4, -0.2) is 7.11 Å². The van der Waals surface area contributed by atoms with E-state index in [-0.39, 0.29) is 5.56 Å². The number of hydrogen-bond acceptors (Lipinski definition) is 2. The Balaban J connectivity index is 3.02. The molecule has 66 valence electrons. The zero-order valence-corrected chi connectivity index (χ0v) is 6.55. The molecule has 1 aromatic rings. The molecule has 0 aliphatic heterocycles. The standard InChI is InChI=1S/C8H9F2NO/c1-12-7-4-2-3-6(5-7)8(9,10)11/h2-5H,11H2,1H3. The van der Waals surface area contributed by atoms with Crippen molar-refractivity contribution >= 4 is 0 Å². The summed E-state index contributed by atoms with van der Waals surface area (Å²) >= 11 is 0. The lowest BCUT2D eigenvalue weighted by molar-refractivity contribution is 0.00279. The second kappa shape index (κ2) is 3.06. The molecule has 0 bridgehead atoms. The van der Waals surface area contributed by atoms with Gasteiger partial charge in [0.2, 0.25) is 0 Å². The van der Waals surface area contributed by atoms with Crippen LogP contribution < -0.4 is 10.5 Å². The fourth-order valence-electron chi connectivity index (χ4n) is 0.830. The molecule has 0 heterocycles. The lowest BCUT2D eigenvalue weighted by atomic mass is 10.2. The molecule has 0 saturated carbocycles. The number of rotatable bonds is 2. The van der Waals surface area contributed by atoms with E-state index in [1.165, 1.54) is 25.3 Å². The summed E-state index contributed by atoms with van der Waals surface area (Å²) in [6, 6.07) is 2.21. The fraction of sp³-hybridized carbons (Fsp3) is 0.250. The van der Waals surface area contributed by atoms with Crippen LogP contribution in [0.4, 0.5) is 8.78 Å². The van der Waals surface area contributed by atoms with E-state index in [4.69, 9.17) is 4.74 Å². The summed E-state index contributed by atoms with van der Waals surface area (Å²) in [5.41, 5.74) is 4.34. The predicted molar refractivity (Wildman–Crippen MR) is 41.1 cm³/mol. The van der Waals surface area contributed by atoms with Crippen molar-refractivity contribution in [1.29, 1.82) is 0 Å².